The monoisotopic (exact) mass is 433 g/mol. The average Bonchev–Trinajstić information content (AvgIpc) is 3.39. The van der Waals surface area contributed by atoms with Crippen molar-refractivity contribution in [3.05, 3.63) is 53.3 Å². The van der Waals surface area contributed by atoms with E-state index in [0.717, 1.165) is 40.1 Å². The summed E-state index contributed by atoms with van der Waals surface area (Å²) >= 11 is 0. The van der Waals surface area contributed by atoms with E-state index in [1.54, 1.807) is 0 Å². The van der Waals surface area contributed by atoms with Crippen molar-refractivity contribution in [1.82, 2.24) is 14.9 Å². The molecule has 7 heteroatoms. The number of H-pyrrole nitrogens is 1. The molecule has 1 atom stereocenters. The number of carbonyl (C=O) groups excluding carboxylic acids is 1. The van der Waals surface area contributed by atoms with E-state index < -0.39 is 0 Å². The van der Waals surface area contributed by atoms with Gasteiger partial charge in [0, 0.05) is 30.6 Å². The minimum Gasteiger partial charge on any atom is -0.493 e. The Hall–Kier alpha value is -3.32. The first-order valence-corrected chi connectivity index (χ1v) is 11.1. The summed E-state index contributed by atoms with van der Waals surface area (Å²) in [7, 11) is 0. The zero-order valence-corrected chi connectivity index (χ0v) is 18.4. The van der Waals surface area contributed by atoms with Crippen LogP contribution < -0.4 is 9.47 Å². The molecule has 0 radical (unpaired) electrons. The van der Waals surface area contributed by atoms with Gasteiger partial charge in [-0.2, -0.15) is 0 Å². The Labute approximate surface area is 187 Å². The Kier molecular flexibility index (Phi) is 5.57. The number of amides is 1. The normalized spacial score (nSPS) is 18.5. The molecule has 2 aromatic carbocycles. The van der Waals surface area contributed by atoms with Crippen LogP contribution in [0.1, 0.15) is 30.8 Å². The van der Waals surface area contributed by atoms with Gasteiger partial charge in [-0.25, -0.2) is 4.98 Å². The molecule has 166 valence electrons. The number of rotatable bonds is 5. The first-order chi connectivity index (χ1) is 15.6. The van der Waals surface area contributed by atoms with Crippen LogP contribution in [-0.4, -0.2) is 59.8 Å². The van der Waals surface area contributed by atoms with Crippen LogP contribution in [-0.2, 0) is 16.0 Å². The third-order valence-corrected chi connectivity index (χ3v) is 5.80. The summed E-state index contributed by atoms with van der Waals surface area (Å²) in [4.78, 5) is 23.4. The highest BCUT2D eigenvalue weighted by Crippen LogP contribution is 2.37. The Morgan fingerprint density at radius 3 is 2.88 bits per heavy atom. The van der Waals surface area contributed by atoms with E-state index in [4.69, 9.17) is 19.2 Å². The fourth-order valence-corrected chi connectivity index (χ4v) is 4.25. The molecule has 2 aliphatic heterocycles. The highest BCUT2D eigenvalue weighted by Gasteiger charge is 2.26. The molecule has 3 heterocycles. The zero-order chi connectivity index (χ0) is 22.1. The van der Waals surface area contributed by atoms with Crippen LogP contribution in [0.3, 0.4) is 0 Å². The Morgan fingerprint density at radius 2 is 2.09 bits per heavy atom. The summed E-state index contributed by atoms with van der Waals surface area (Å²) in [5, 5.41) is 0. The molecular weight excluding hydrogens is 406 g/mol. The number of nitrogens with one attached hydrogen (secondary N) is 1. The highest BCUT2D eigenvalue weighted by molar-refractivity contribution is 6.23. The summed E-state index contributed by atoms with van der Waals surface area (Å²) in [5.41, 5.74) is 4.13. The number of nitrogens with zero attached hydrogens (tertiary/aromatic N) is 2. The van der Waals surface area contributed by atoms with Gasteiger partial charge in [-0.1, -0.05) is 12.1 Å². The number of fused-ring (bicyclic) bond motifs is 2. The maximum atomic E-state index is 13.6. The van der Waals surface area contributed by atoms with Crippen LogP contribution >= 0.6 is 0 Å². The number of benzene rings is 2. The number of carbonyl (C=O) groups is 1. The SMILES string of the molecule is CCOc1cc2c(cc1/C=C(/C(=O)N1CCOCC1)c1nc3ccccc3[nH]1)OC(C)C2. The standard InChI is InChI=1S/C25H27N3O4/c1-3-31-22-14-17-12-16(2)32-23(17)15-18(22)13-19(25(29)28-8-10-30-11-9-28)24-26-20-6-4-5-7-21(20)27-24/h4-7,13-16H,3,8-12H2,1-2H3,(H,26,27)/b19-13+. The maximum absolute atomic E-state index is 13.6. The summed E-state index contributed by atoms with van der Waals surface area (Å²) in [6.07, 6.45) is 2.85. The van der Waals surface area contributed by atoms with Crippen molar-refractivity contribution < 1.29 is 19.0 Å². The second-order valence-corrected chi connectivity index (χ2v) is 8.13. The van der Waals surface area contributed by atoms with Gasteiger partial charge in [-0.3, -0.25) is 4.79 Å². The van der Waals surface area contributed by atoms with Crippen molar-refractivity contribution in [3.63, 3.8) is 0 Å². The number of aromatic nitrogens is 2. The first kappa shape index (κ1) is 20.6. The molecular formula is C25H27N3O4. The topological polar surface area (TPSA) is 76.7 Å². The molecule has 32 heavy (non-hydrogen) atoms. The average molecular weight is 434 g/mol. The third-order valence-electron chi connectivity index (χ3n) is 5.80. The number of para-hydroxylation sites is 2. The molecule has 0 spiro atoms. The van der Waals surface area contributed by atoms with E-state index in [1.807, 2.05) is 54.3 Å². The van der Waals surface area contributed by atoms with E-state index in [0.29, 0.717) is 44.3 Å². The molecule has 0 saturated carbocycles. The van der Waals surface area contributed by atoms with Crippen molar-refractivity contribution in [1.29, 1.82) is 0 Å². The number of ether oxygens (including phenoxy) is 3. The molecule has 0 aliphatic carbocycles. The minimum atomic E-state index is -0.0791. The number of hydrogen-bond acceptors (Lipinski definition) is 5. The number of hydrogen-bond donors (Lipinski definition) is 1. The molecule has 2 aliphatic rings. The molecule has 1 N–H and O–H groups in total. The van der Waals surface area contributed by atoms with Crippen LogP contribution in [0.4, 0.5) is 0 Å². The number of aromatic amines is 1. The third kappa shape index (κ3) is 3.96. The van der Waals surface area contributed by atoms with Crippen LogP contribution in [0.25, 0.3) is 22.7 Å². The highest BCUT2D eigenvalue weighted by atomic mass is 16.5. The van der Waals surface area contributed by atoms with Gasteiger partial charge in [0.25, 0.3) is 5.91 Å². The van der Waals surface area contributed by atoms with E-state index in [2.05, 4.69) is 11.9 Å². The molecule has 1 fully saturated rings. The smallest absolute Gasteiger partial charge is 0.257 e. The fourth-order valence-electron chi connectivity index (χ4n) is 4.25. The largest absolute Gasteiger partial charge is 0.493 e. The first-order valence-electron chi connectivity index (χ1n) is 11.1. The van der Waals surface area contributed by atoms with Gasteiger partial charge >= 0.3 is 0 Å². The van der Waals surface area contributed by atoms with E-state index in [1.165, 1.54) is 0 Å². The summed E-state index contributed by atoms with van der Waals surface area (Å²) < 4.78 is 17.4. The fraction of sp³-hybridized carbons (Fsp3) is 0.360. The van der Waals surface area contributed by atoms with E-state index in [9.17, 15) is 4.79 Å². The molecule has 3 aromatic rings. The lowest BCUT2D eigenvalue weighted by Crippen LogP contribution is -2.41. The van der Waals surface area contributed by atoms with Gasteiger partial charge in [-0.15, -0.1) is 0 Å². The van der Waals surface area contributed by atoms with Gasteiger partial charge in [0.2, 0.25) is 0 Å². The van der Waals surface area contributed by atoms with Gasteiger partial charge in [0.05, 0.1) is 36.4 Å². The van der Waals surface area contributed by atoms with E-state index in [-0.39, 0.29) is 12.0 Å². The summed E-state index contributed by atoms with van der Waals surface area (Å²) in [6.45, 7) is 6.73. The molecule has 1 saturated heterocycles. The molecule has 1 amide bonds. The van der Waals surface area contributed by atoms with Crippen molar-refractivity contribution in [2.45, 2.75) is 26.4 Å². The molecule has 1 unspecified atom stereocenters. The predicted octanol–water partition coefficient (Wildman–Crippen LogP) is 3.68. The Bertz CT molecular complexity index is 1140. The summed E-state index contributed by atoms with van der Waals surface area (Å²) in [6, 6.07) is 11.8. The van der Waals surface area contributed by atoms with E-state index >= 15 is 0 Å². The molecule has 1 aromatic heterocycles. The molecule has 7 nitrogen and oxygen atoms in total. The van der Waals surface area contributed by atoms with Crippen molar-refractivity contribution in [3.8, 4) is 11.5 Å². The Morgan fingerprint density at radius 1 is 1.28 bits per heavy atom. The van der Waals surface area contributed by atoms with Gasteiger partial charge in [0.1, 0.15) is 23.4 Å². The lowest BCUT2D eigenvalue weighted by Gasteiger charge is -2.27. The number of imidazole rings is 1. The van der Waals surface area contributed by atoms with Crippen molar-refractivity contribution >= 4 is 28.6 Å². The van der Waals surface area contributed by atoms with Crippen LogP contribution in [0.5, 0.6) is 11.5 Å². The zero-order valence-electron chi connectivity index (χ0n) is 18.4. The van der Waals surface area contributed by atoms with Crippen molar-refractivity contribution in [2.75, 3.05) is 32.9 Å². The second kappa shape index (κ2) is 8.67. The number of morpholine rings is 1. The van der Waals surface area contributed by atoms with Crippen LogP contribution in [0.15, 0.2) is 36.4 Å². The summed E-state index contributed by atoms with van der Waals surface area (Å²) in [5.74, 6) is 2.05. The quantitative estimate of drug-likeness (QED) is 0.621. The van der Waals surface area contributed by atoms with Crippen LogP contribution in [0.2, 0.25) is 0 Å². The molecule has 0 bridgehead atoms. The van der Waals surface area contributed by atoms with Gasteiger partial charge in [-0.05, 0) is 44.2 Å². The van der Waals surface area contributed by atoms with Gasteiger partial charge in [0.15, 0.2) is 0 Å². The minimum absolute atomic E-state index is 0.0791. The lowest BCUT2D eigenvalue weighted by molar-refractivity contribution is -0.128. The van der Waals surface area contributed by atoms with Gasteiger partial charge < -0.3 is 24.1 Å². The predicted molar refractivity (Wildman–Crippen MR) is 123 cm³/mol. The van der Waals surface area contributed by atoms with Crippen molar-refractivity contribution in [2.24, 2.45) is 0 Å². The molecule has 5 rings (SSSR count). The Balaban J connectivity index is 1.63. The lowest BCUT2D eigenvalue weighted by atomic mass is 10.0. The maximum Gasteiger partial charge on any atom is 0.257 e. The second-order valence-electron chi connectivity index (χ2n) is 8.13. The van der Waals surface area contributed by atoms with Crippen LogP contribution in [0, 0.1) is 0 Å².